The van der Waals surface area contributed by atoms with Gasteiger partial charge in [0, 0.05) is 19.4 Å². The highest BCUT2D eigenvalue weighted by Gasteiger charge is 2.12. The van der Waals surface area contributed by atoms with Gasteiger partial charge in [-0.2, -0.15) is 4.98 Å². The topological polar surface area (TPSA) is 116 Å². The Balaban J connectivity index is 2.31. The summed E-state index contributed by atoms with van der Waals surface area (Å²) in [6.45, 7) is 0. The van der Waals surface area contributed by atoms with Crippen molar-refractivity contribution in [3.63, 3.8) is 0 Å². The lowest BCUT2D eigenvalue weighted by Crippen LogP contribution is -2.15. The highest BCUT2D eigenvalue weighted by atomic mass is 16.5. The minimum atomic E-state index is -0.223. The molecule has 82 valence electrons. The third kappa shape index (κ3) is 1.95. The maximum absolute atomic E-state index is 7.30. The van der Waals surface area contributed by atoms with Gasteiger partial charge >= 0.3 is 6.01 Å². The molecule has 0 aromatic carbocycles. The monoisotopic (exact) mass is 219 g/mol. The van der Waals surface area contributed by atoms with Gasteiger partial charge in [0.25, 0.3) is 5.88 Å². The Kier molecular flexibility index (Phi) is 2.46. The number of rotatable bonds is 3. The van der Waals surface area contributed by atoms with E-state index in [4.69, 9.17) is 15.9 Å². The molecule has 8 nitrogen and oxygen atoms in total. The smallest absolute Gasteiger partial charge is 0.342 e. The molecular weight excluding hydrogens is 210 g/mol. The van der Waals surface area contributed by atoms with Crippen LogP contribution in [-0.4, -0.2) is 30.6 Å². The molecule has 2 rings (SSSR count). The van der Waals surface area contributed by atoms with E-state index in [2.05, 4.69) is 20.1 Å². The van der Waals surface area contributed by atoms with Crippen molar-refractivity contribution in [1.82, 2.24) is 24.7 Å². The minimum Gasteiger partial charge on any atom is -0.402 e. The average molecular weight is 219 g/mol. The largest absolute Gasteiger partial charge is 0.402 e. The summed E-state index contributed by atoms with van der Waals surface area (Å²) in [7, 11) is 1.71. The van der Waals surface area contributed by atoms with Crippen LogP contribution in [-0.2, 0) is 7.05 Å². The quantitative estimate of drug-likeness (QED) is 0.540. The van der Waals surface area contributed by atoms with Gasteiger partial charge in [0.15, 0.2) is 5.69 Å². The molecule has 0 spiro atoms. The molecule has 0 unspecified atom stereocenters. The fourth-order valence-electron chi connectivity index (χ4n) is 1.04. The van der Waals surface area contributed by atoms with Crippen molar-refractivity contribution in [2.75, 3.05) is 0 Å². The number of aryl methyl sites for hydroxylation is 1. The van der Waals surface area contributed by atoms with Crippen LogP contribution in [0.2, 0.25) is 0 Å². The number of aromatic nitrogens is 5. The lowest BCUT2D eigenvalue weighted by atomic mass is 10.4. The van der Waals surface area contributed by atoms with Crippen LogP contribution in [0.25, 0.3) is 0 Å². The molecule has 0 aliphatic heterocycles. The van der Waals surface area contributed by atoms with Crippen molar-refractivity contribution in [2.45, 2.75) is 0 Å². The summed E-state index contributed by atoms with van der Waals surface area (Å²) >= 11 is 0. The predicted molar refractivity (Wildman–Crippen MR) is 54.1 cm³/mol. The summed E-state index contributed by atoms with van der Waals surface area (Å²) in [6.07, 6.45) is 4.35. The summed E-state index contributed by atoms with van der Waals surface area (Å²) < 4.78 is 6.74. The molecule has 0 radical (unpaired) electrons. The summed E-state index contributed by atoms with van der Waals surface area (Å²) in [6, 6.07) is 0.130. The molecule has 2 aromatic rings. The molecule has 0 atom stereocenters. The molecule has 0 bridgehead atoms. The van der Waals surface area contributed by atoms with Gasteiger partial charge in [-0.25, -0.2) is 9.97 Å². The highest BCUT2D eigenvalue weighted by molar-refractivity contribution is 5.95. The van der Waals surface area contributed by atoms with Crippen LogP contribution in [0.5, 0.6) is 11.9 Å². The van der Waals surface area contributed by atoms with Crippen LogP contribution < -0.4 is 10.5 Å². The van der Waals surface area contributed by atoms with E-state index in [9.17, 15) is 0 Å². The maximum atomic E-state index is 7.30. The van der Waals surface area contributed by atoms with Gasteiger partial charge in [0.05, 0.1) is 0 Å². The third-order valence-corrected chi connectivity index (χ3v) is 1.69. The van der Waals surface area contributed by atoms with Crippen LogP contribution in [0.1, 0.15) is 5.69 Å². The fraction of sp³-hybridized carbons (Fsp3) is 0.125. The lowest BCUT2D eigenvalue weighted by Gasteiger charge is -2.03. The standard InChI is InChI=1S/C8H9N7O/c1-15-4-13-8(14-15)16-7-5(6(9)10)11-2-3-12-7/h2-4H,1H3,(H3,9,10). The Labute approximate surface area is 90.6 Å². The van der Waals surface area contributed by atoms with Gasteiger partial charge < -0.3 is 10.5 Å². The van der Waals surface area contributed by atoms with Crippen LogP contribution >= 0.6 is 0 Å². The Bertz CT molecular complexity index is 521. The molecule has 0 amide bonds. The van der Waals surface area contributed by atoms with E-state index in [0.29, 0.717) is 0 Å². The van der Waals surface area contributed by atoms with Crippen molar-refractivity contribution >= 4 is 5.84 Å². The second kappa shape index (κ2) is 3.93. The number of hydrogen-bond donors (Lipinski definition) is 2. The molecule has 2 heterocycles. The highest BCUT2D eigenvalue weighted by Crippen LogP contribution is 2.16. The number of amidine groups is 1. The number of nitrogens with one attached hydrogen (secondary N) is 1. The van der Waals surface area contributed by atoms with Crippen LogP contribution in [0, 0.1) is 5.41 Å². The van der Waals surface area contributed by atoms with E-state index in [1.807, 2.05) is 0 Å². The van der Waals surface area contributed by atoms with E-state index >= 15 is 0 Å². The molecule has 8 heteroatoms. The van der Waals surface area contributed by atoms with Gasteiger partial charge in [-0.1, -0.05) is 0 Å². The fourth-order valence-corrected chi connectivity index (χ4v) is 1.04. The zero-order valence-corrected chi connectivity index (χ0v) is 8.45. The van der Waals surface area contributed by atoms with Crippen LogP contribution in [0.15, 0.2) is 18.7 Å². The number of nitrogens with two attached hydrogens (primary N) is 1. The number of nitrogens with zero attached hydrogens (tertiary/aromatic N) is 5. The van der Waals surface area contributed by atoms with E-state index in [1.54, 1.807) is 7.05 Å². The zero-order valence-electron chi connectivity index (χ0n) is 8.45. The first-order valence-electron chi connectivity index (χ1n) is 4.35. The Morgan fingerprint density at radius 1 is 1.38 bits per heavy atom. The molecule has 2 aromatic heterocycles. The van der Waals surface area contributed by atoms with E-state index in [-0.39, 0.29) is 23.4 Å². The second-order valence-corrected chi connectivity index (χ2v) is 2.93. The van der Waals surface area contributed by atoms with Gasteiger partial charge in [-0.05, 0) is 0 Å². The van der Waals surface area contributed by atoms with Crippen molar-refractivity contribution in [3.8, 4) is 11.9 Å². The second-order valence-electron chi connectivity index (χ2n) is 2.93. The normalized spacial score (nSPS) is 10.1. The maximum Gasteiger partial charge on any atom is 0.342 e. The number of nitrogen functional groups attached to an aromatic ring is 1. The Morgan fingerprint density at radius 2 is 2.12 bits per heavy atom. The van der Waals surface area contributed by atoms with Gasteiger partial charge in [0.2, 0.25) is 0 Å². The first kappa shape index (κ1) is 10.0. The molecule has 0 saturated carbocycles. The summed E-state index contributed by atoms with van der Waals surface area (Å²) in [5, 5.41) is 11.2. The molecular formula is C8H9N7O. The van der Waals surface area contributed by atoms with Crippen molar-refractivity contribution in [2.24, 2.45) is 12.8 Å². The van der Waals surface area contributed by atoms with Gasteiger partial charge in [0.1, 0.15) is 12.2 Å². The summed E-state index contributed by atoms with van der Waals surface area (Å²) in [5.41, 5.74) is 5.49. The van der Waals surface area contributed by atoms with E-state index < -0.39 is 0 Å². The van der Waals surface area contributed by atoms with E-state index in [0.717, 1.165) is 0 Å². The summed E-state index contributed by atoms with van der Waals surface area (Å²) in [4.78, 5) is 11.7. The molecule has 0 fully saturated rings. The predicted octanol–water partition coefficient (Wildman–Crippen LogP) is -0.319. The first-order chi connectivity index (χ1) is 7.66. The lowest BCUT2D eigenvalue weighted by molar-refractivity contribution is 0.419. The Morgan fingerprint density at radius 3 is 2.75 bits per heavy atom. The molecule has 16 heavy (non-hydrogen) atoms. The molecule has 3 N–H and O–H groups in total. The first-order valence-corrected chi connectivity index (χ1v) is 4.35. The van der Waals surface area contributed by atoms with Crippen LogP contribution in [0.3, 0.4) is 0 Å². The van der Waals surface area contributed by atoms with Gasteiger partial charge in [-0.3, -0.25) is 10.1 Å². The van der Waals surface area contributed by atoms with Crippen LogP contribution in [0.4, 0.5) is 0 Å². The molecule has 0 aliphatic rings. The third-order valence-electron chi connectivity index (χ3n) is 1.69. The molecule has 0 saturated heterocycles. The summed E-state index contributed by atoms with van der Waals surface area (Å²) in [5.74, 6) is -0.111. The number of ether oxygens (including phenoxy) is 1. The van der Waals surface area contributed by atoms with Gasteiger partial charge in [-0.15, -0.1) is 5.10 Å². The minimum absolute atomic E-state index is 0.112. The molecule has 0 aliphatic carbocycles. The van der Waals surface area contributed by atoms with E-state index in [1.165, 1.54) is 23.4 Å². The SMILES string of the molecule is Cn1cnc(Oc2nccnc2C(=N)N)n1. The number of hydrogen-bond acceptors (Lipinski definition) is 6. The van der Waals surface area contributed by atoms with Crippen molar-refractivity contribution in [1.29, 1.82) is 5.41 Å². The zero-order chi connectivity index (χ0) is 11.5. The van der Waals surface area contributed by atoms with Crippen molar-refractivity contribution in [3.05, 3.63) is 24.4 Å². The van der Waals surface area contributed by atoms with Crippen molar-refractivity contribution < 1.29 is 4.74 Å². The Hall–Kier alpha value is -2.51. The average Bonchev–Trinajstić information content (AvgIpc) is 2.64.